The van der Waals surface area contributed by atoms with Crippen LogP contribution in [-0.4, -0.2) is 29.2 Å². The number of hydrogen-bond acceptors (Lipinski definition) is 4. The Bertz CT molecular complexity index is 776. The molecule has 1 heterocycles. The van der Waals surface area contributed by atoms with Gasteiger partial charge in [0, 0.05) is 30.3 Å². The summed E-state index contributed by atoms with van der Waals surface area (Å²) >= 11 is 0. The number of rotatable bonds is 4. The second-order valence-electron chi connectivity index (χ2n) is 6.31. The third kappa shape index (κ3) is 3.65. The smallest absolute Gasteiger partial charge is 0.394 e. The number of halogens is 3. The average Bonchev–Trinajstić information content (AvgIpc) is 3.05. The van der Waals surface area contributed by atoms with E-state index < -0.39 is 16.7 Å². The van der Waals surface area contributed by atoms with Gasteiger partial charge in [-0.2, -0.15) is 13.2 Å². The molecule has 2 aromatic rings. The first-order chi connectivity index (χ1) is 12.3. The largest absolute Gasteiger partial charge is 0.416 e. The summed E-state index contributed by atoms with van der Waals surface area (Å²) in [6.45, 7) is 0.419. The summed E-state index contributed by atoms with van der Waals surface area (Å²) < 4.78 is 38.1. The van der Waals surface area contributed by atoms with Gasteiger partial charge in [0.2, 0.25) is 0 Å². The molecule has 1 unspecified atom stereocenters. The lowest BCUT2D eigenvalue weighted by molar-refractivity contribution is -0.384. The van der Waals surface area contributed by atoms with Crippen LogP contribution in [0.25, 0.3) is 0 Å². The zero-order chi connectivity index (χ0) is 18.9. The van der Waals surface area contributed by atoms with Crippen LogP contribution >= 0.6 is 0 Å². The summed E-state index contributed by atoms with van der Waals surface area (Å²) in [5, 5.41) is 20.4. The molecule has 8 heteroatoms. The molecule has 0 saturated carbocycles. The van der Waals surface area contributed by atoms with E-state index in [1.165, 1.54) is 24.3 Å². The molecule has 0 aliphatic carbocycles. The molecule has 1 saturated heterocycles. The number of hydrogen-bond donors (Lipinski definition) is 1. The van der Waals surface area contributed by atoms with Crippen LogP contribution in [0, 0.1) is 10.1 Å². The Balaban J connectivity index is 1.79. The van der Waals surface area contributed by atoms with Crippen molar-refractivity contribution in [2.24, 2.45) is 0 Å². The van der Waals surface area contributed by atoms with Gasteiger partial charge in [0.15, 0.2) is 0 Å². The van der Waals surface area contributed by atoms with Crippen molar-refractivity contribution in [1.82, 2.24) is 0 Å². The van der Waals surface area contributed by atoms with Gasteiger partial charge in [-0.3, -0.25) is 10.1 Å². The highest BCUT2D eigenvalue weighted by Gasteiger charge is 2.34. The molecule has 1 fully saturated rings. The van der Waals surface area contributed by atoms with E-state index in [2.05, 4.69) is 0 Å². The van der Waals surface area contributed by atoms with E-state index in [-0.39, 0.29) is 24.3 Å². The molecule has 1 aliphatic heterocycles. The van der Waals surface area contributed by atoms with E-state index in [0.717, 1.165) is 23.4 Å². The fourth-order valence-electron chi connectivity index (χ4n) is 3.36. The van der Waals surface area contributed by atoms with Gasteiger partial charge >= 0.3 is 6.18 Å². The number of benzene rings is 2. The molecule has 5 nitrogen and oxygen atoms in total. The number of nitrogens with zero attached hydrogens (tertiary/aromatic N) is 2. The topological polar surface area (TPSA) is 66.6 Å². The van der Waals surface area contributed by atoms with Crippen molar-refractivity contribution in [2.45, 2.75) is 24.6 Å². The minimum absolute atomic E-state index is 0.0206. The maximum atomic E-state index is 12.7. The molecule has 1 N–H and O–H groups in total. The van der Waals surface area contributed by atoms with Crippen LogP contribution in [0.2, 0.25) is 0 Å². The standard InChI is InChI=1S/C18H17F3N2O3/c19-18(20,21)14-3-1-12(2-4-14)13-9-17(11-24)22(10-13)15-5-7-16(8-6-15)23(25)26/h1-8,13,17,24H,9-11H2/t13?,17-/m1/s1. The quantitative estimate of drug-likeness (QED) is 0.657. The fourth-order valence-corrected chi connectivity index (χ4v) is 3.36. The molecule has 3 rings (SSSR count). The average molecular weight is 366 g/mol. The Labute approximate surface area is 147 Å². The summed E-state index contributed by atoms with van der Waals surface area (Å²) in [4.78, 5) is 12.2. The van der Waals surface area contributed by atoms with Crippen LogP contribution in [0.15, 0.2) is 48.5 Å². The fraction of sp³-hybridized carbons (Fsp3) is 0.333. The lowest BCUT2D eigenvalue weighted by atomic mass is 9.95. The van der Waals surface area contributed by atoms with Gasteiger partial charge in [0.25, 0.3) is 5.69 Å². The van der Waals surface area contributed by atoms with E-state index in [1.54, 1.807) is 12.1 Å². The number of aliphatic hydroxyl groups excluding tert-OH is 1. The molecule has 1 aliphatic rings. The molecular formula is C18H17F3N2O3. The number of nitro groups is 1. The molecule has 26 heavy (non-hydrogen) atoms. The van der Waals surface area contributed by atoms with Crippen LogP contribution in [0.4, 0.5) is 24.5 Å². The van der Waals surface area contributed by atoms with Crippen molar-refractivity contribution in [1.29, 1.82) is 0 Å². The third-order valence-electron chi connectivity index (χ3n) is 4.73. The number of non-ortho nitro benzene ring substituents is 1. The zero-order valence-corrected chi connectivity index (χ0v) is 13.7. The monoisotopic (exact) mass is 366 g/mol. The third-order valence-corrected chi connectivity index (χ3v) is 4.73. The van der Waals surface area contributed by atoms with Gasteiger partial charge < -0.3 is 10.0 Å². The normalized spacial score (nSPS) is 20.4. The maximum absolute atomic E-state index is 12.7. The molecule has 0 radical (unpaired) electrons. The summed E-state index contributed by atoms with van der Waals surface area (Å²) in [5.41, 5.74) is 0.808. The number of alkyl halides is 3. The summed E-state index contributed by atoms with van der Waals surface area (Å²) in [6.07, 6.45) is -3.77. The number of nitro benzene ring substituents is 1. The summed E-state index contributed by atoms with van der Waals surface area (Å²) in [5.74, 6) is -0.0235. The second-order valence-corrected chi connectivity index (χ2v) is 6.31. The van der Waals surface area contributed by atoms with E-state index in [9.17, 15) is 28.4 Å². The van der Waals surface area contributed by atoms with Crippen LogP contribution < -0.4 is 4.90 Å². The molecule has 2 atom stereocenters. The Morgan fingerprint density at radius 2 is 1.73 bits per heavy atom. The predicted molar refractivity (Wildman–Crippen MR) is 90.1 cm³/mol. The van der Waals surface area contributed by atoms with Crippen molar-refractivity contribution in [3.63, 3.8) is 0 Å². The van der Waals surface area contributed by atoms with Gasteiger partial charge in [-0.1, -0.05) is 12.1 Å². The number of aliphatic hydroxyl groups is 1. The minimum atomic E-state index is -4.37. The summed E-state index contributed by atoms with van der Waals surface area (Å²) in [7, 11) is 0. The first-order valence-electron chi connectivity index (χ1n) is 8.08. The second kappa shape index (κ2) is 6.95. The molecule has 0 bridgehead atoms. The molecule has 2 aromatic carbocycles. The lowest BCUT2D eigenvalue weighted by Gasteiger charge is -2.25. The predicted octanol–water partition coefficient (Wildman–Crippen LogP) is 3.97. The van der Waals surface area contributed by atoms with Crippen molar-refractivity contribution in [2.75, 3.05) is 18.1 Å². The van der Waals surface area contributed by atoms with Crippen LogP contribution in [-0.2, 0) is 6.18 Å². The molecule has 0 aromatic heterocycles. The highest BCUT2D eigenvalue weighted by Crippen LogP contribution is 2.37. The van der Waals surface area contributed by atoms with Crippen LogP contribution in [0.5, 0.6) is 0 Å². The van der Waals surface area contributed by atoms with Gasteiger partial charge in [0.05, 0.1) is 23.1 Å². The summed E-state index contributed by atoms with van der Waals surface area (Å²) in [6, 6.07) is 10.9. The van der Waals surface area contributed by atoms with Gasteiger partial charge in [0.1, 0.15) is 0 Å². The Hall–Kier alpha value is -2.61. The molecule has 0 spiro atoms. The highest BCUT2D eigenvalue weighted by atomic mass is 19.4. The van der Waals surface area contributed by atoms with E-state index in [1.807, 2.05) is 4.90 Å². The van der Waals surface area contributed by atoms with E-state index in [0.29, 0.717) is 13.0 Å². The van der Waals surface area contributed by atoms with Crippen molar-refractivity contribution >= 4 is 11.4 Å². The first-order valence-corrected chi connectivity index (χ1v) is 8.08. The molecule has 138 valence electrons. The van der Waals surface area contributed by atoms with E-state index in [4.69, 9.17) is 0 Å². The van der Waals surface area contributed by atoms with E-state index >= 15 is 0 Å². The number of anilines is 1. The molecular weight excluding hydrogens is 349 g/mol. The molecule has 0 amide bonds. The Morgan fingerprint density at radius 3 is 2.23 bits per heavy atom. The lowest BCUT2D eigenvalue weighted by Crippen LogP contribution is -2.32. The van der Waals surface area contributed by atoms with Crippen molar-refractivity contribution < 1.29 is 23.2 Å². The van der Waals surface area contributed by atoms with Crippen LogP contribution in [0.3, 0.4) is 0 Å². The first kappa shape index (κ1) is 18.2. The SMILES string of the molecule is O=[N+]([O-])c1ccc(N2CC(c3ccc(C(F)(F)F)cc3)C[C@@H]2CO)cc1. The minimum Gasteiger partial charge on any atom is -0.394 e. The Morgan fingerprint density at radius 1 is 1.12 bits per heavy atom. The van der Waals surface area contributed by atoms with Crippen molar-refractivity contribution in [3.8, 4) is 0 Å². The van der Waals surface area contributed by atoms with Crippen LogP contribution in [0.1, 0.15) is 23.5 Å². The van der Waals surface area contributed by atoms with Crippen molar-refractivity contribution in [3.05, 3.63) is 69.8 Å². The van der Waals surface area contributed by atoms with Gasteiger partial charge in [-0.15, -0.1) is 0 Å². The van der Waals surface area contributed by atoms with Gasteiger partial charge in [-0.05, 0) is 36.2 Å². The zero-order valence-electron chi connectivity index (χ0n) is 13.7. The Kier molecular flexibility index (Phi) is 4.86. The maximum Gasteiger partial charge on any atom is 0.416 e. The van der Waals surface area contributed by atoms with Gasteiger partial charge in [-0.25, -0.2) is 0 Å². The highest BCUT2D eigenvalue weighted by molar-refractivity contribution is 5.53.